The Kier molecular flexibility index (Phi) is 2.26. The monoisotopic (exact) mass is 276 g/mol. The smallest absolute Gasteiger partial charge is 0.0348 e. The Balaban J connectivity index is 2.26. The molecule has 0 spiro atoms. The van der Waals surface area contributed by atoms with Crippen molar-refractivity contribution < 1.29 is 0 Å². The average Bonchev–Trinajstić information content (AvgIpc) is 2.88. The van der Waals surface area contributed by atoms with Gasteiger partial charge in [-0.1, -0.05) is 40.2 Å². The molecule has 0 amide bonds. The highest BCUT2D eigenvalue weighted by Crippen LogP contribution is 2.37. The van der Waals surface area contributed by atoms with Gasteiger partial charge in [-0.05, 0) is 40.6 Å². The van der Waals surface area contributed by atoms with Crippen LogP contribution >= 0.6 is 27.3 Å². The van der Waals surface area contributed by atoms with Gasteiger partial charge < -0.3 is 0 Å². The van der Waals surface area contributed by atoms with Gasteiger partial charge in [0.25, 0.3) is 0 Å². The Morgan fingerprint density at radius 2 is 2.13 bits per heavy atom. The van der Waals surface area contributed by atoms with E-state index in [-0.39, 0.29) is 0 Å². The van der Waals surface area contributed by atoms with Gasteiger partial charge in [-0.3, -0.25) is 0 Å². The Hall–Kier alpha value is -0.860. The van der Waals surface area contributed by atoms with Crippen molar-refractivity contribution in [2.75, 3.05) is 0 Å². The summed E-state index contributed by atoms with van der Waals surface area (Å²) in [6, 6.07) is 8.64. The van der Waals surface area contributed by atoms with Gasteiger partial charge in [0, 0.05) is 9.35 Å². The van der Waals surface area contributed by atoms with E-state index >= 15 is 0 Å². The van der Waals surface area contributed by atoms with E-state index < -0.39 is 0 Å². The maximum atomic E-state index is 3.61. The fourth-order valence-corrected chi connectivity index (χ4v) is 3.25. The molecule has 0 fully saturated rings. The average molecular weight is 277 g/mol. The Bertz CT molecular complexity index is 524. The molecule has 0 nitrogen and oxygen atoms in total. The van der Waals surface area contributed by atoms with E-state index in [0.29, 0.717) is 0 Å². The predicted octanol–water partition coefficient (Wildman–Crippen LogP) is 4.75. The highest BCUT2D eigenvalue weighted by molar-refractivity contribution is 9.10. The van der Waals surface area contributed by atoms with Gasteiger partial charge in [0.15, 0.2) is 0 Å². The Morgan fingerprint density at radius 1 is 1.20 bits per heavy atom. The number of hydrogen-bond acceptors (Lipinski definition) is 1. The lowest BCUT2D eigenvalue weighted by Gasteiger charge is -2.07. The minimum Gasteiger partial charge on any atom is -0.144 e. The van der Waals surface area contributed by atoms with Crippen molar-refractivity contribution in [3.05, 3.63) is 51.3 Å². The number of fused-ring (bicyclic) bond motifs is 1. The number of halogens is 1. The van der Waals surface area contributed by atoms with Crippen LogP contribution < -0.4 is 0 Å². The minimum absolute atomic E-state index is 1.05. The number of thiophene rings is 1. The third kappa shape index (κ3) is 1.48. The van der Waals surface area contributed by atoms with Crippen LogP contribution in [0.4, 0.5) is 0 Å². The third-order valence-corrected chi connectivity index (χ3v) is 4.34. The van der Waals surface area contributed by atoms with Crippen LogP contribution in [-0.4, -0.2) is 0 Å². The summed E-state index contributed by atoms with van der Waals surface area (Å²) in [7, 11) is 0. The van der Waals surface area contributed by atoms with E-state index in [9.17, 15) is 0 Å². The molecule has 1 aliphatic rings. The van der Waals surface area contributed by atoms with Crippen molar-refractivity contribution in [3.8, 4) is 10.4 Å². The van der Waals surface area contributed by atoms with Crippen LogP contribution in [0.3, 0.4) is 0 Å². The zero-order valence-electron chi connectivity index (χ0n) is 8.03. The van der Waals surface area contributed by atoms with E-state index in [1.54, 1.807) is 11.3 Å². The molecule has 0 unspecified atom stereocenters. The van der Waals surface area contributed by atoms with E-state index in [4.69, 9.17) is 0 Å². The van der Waals surface area contributed by atoms with Crippen molar-refractivity contribution >= 4 is 33.3 Å². The number of hydrogen-bond donors (Lipinski definition) is 0. The van der Waals surface area contributed by atoms with Crippen LogP contribution in [0.2, 0.25) is 0 Å². The molecule has 0 aliphatic heterocycles. The molecule has 0 radical (unpaired) electrons. The summed E-state index contributed by atoms with van der Waals surface area (Å²) in [4.78, 5) is 1.35. The first-order valence-electron chi connectivity index (χ1n) is 4.88. The highest BCUT2D eigenvalue weighted by atomic mass is 79.9. The van der Waals surface area contributed by atoms with E-state index in [0.717, 1.165) is 6.42 Å². The van der Waals surface area contributed by atoms with Gasteiger partial charge in [-0.15, -0.1) is 11.3 Å². The number of rotatable bonds is 1. The standard InChI is InChI=1S/C13H9BrS/c14-12-7-6-11(13-5-2-8-15-13)9-3-1-4-10(9)12/h1-3,5-8H,4H2. The van der Waals surface area contributed by atoms with Crippen LogP contribution in [-0.2, 0) is 6.42 Å². The van der Waals surface area contributed by atoms with Gasteiger partial charge in [0.2, 0.25) is 0 Å². The maximum absolute atomic E-state index is 3.61. The molecule has 1 aliphatic carbocycles. The molecule has 0 saturated heterocycles. The zero-order valence-corrected chi connectivity index (χ0v) is 10.4. The Morgan fingerprint density at radius 3 is 2.93 bits per heavy atom. The summed E-state index contributed by atoms with van der Waals surface area (Å²) in [6.07, 6.45) is 5.51. The number of allylic oxidation sites excluding steroid dienone is 1. The SMILES string of the molecule is Brc1ccc(-c2cccs2)c2c1CC=C2. The summed E-state index contributed by atoms with van der Waals surface area (Å²) in [5, 5.41) is 2.13. The van der Waals surface area contributed by atoms with Gasteiger partial charge >= 0.3 is 0 Å². The van der Waals surface area contributed by atoms with Crippen LogP contribution in [0.25, 0.3) is 16.5 Å². The lowest BCUT2D eigenvalue weighted by Crippen LogP contribution is -1.87. The quantitative estimate of drug-likeness (QED) is 0.705. The molecule has 0 atom stereocenters. The Labute approximate surface area is 101 Å². The topological polar surface area (TPSA) is 0 Å². The summed E-state index contributed by atoms with van der Waals surface area (Å²) >= 11 is 5.41. The molecule has 2 heteroatoms. The summed E-state index contributed by atoms with van der Waals surface area (Å²) < 4.78 is 1.22. The summed E-state index contributed by atoms with van der Waals surface area (Å²) in [6.45, 7) is 0. The van der Waals surface area contributed by atoms with E-state index in [2.05, 4.69) is 57.7 Å². The fraction of sp³-hybridized carbons (Fsp3) is 0.0769. The lowest BCUT2D eigenvalue weighted by atomic mass is 10.0. The van der Waals surface area contributed by atoms with Crippen LogP contribution in [0.1, 0.15) is 11.1 Å². The maximum Gasteiger partial charge on any atom is 0.0348 e. The van der Waals surface area contributed by atoms with Gasteiger partial charge in [-0.2, -0.15) is 0 Å². The second-order valence-corrected chi connectivity index (χ2v) is 5.37. The molecule has 0 N–H and O–H groups in total. The second kappa shape index (κ2) is 3.62. The molecule has 3 rings (SSSR count). The minimum atomic E-state index is 1.05. The molecule has 1 heterocycles. The van der Waals surface area contributed by atoms with Crippen LogP contribution in [0.5, 0.6) is 0 Å². The van der Waals surface area contributed by atoms with E-state index in [1.165, 1.54) is 26.0 Å². The molecular formula is C13H9BrS. The first kappa shape index (κ1) is 9.37. The predicted molar refractivity (Wildman–Crippen MR) is 70.2 cm³/mol. The van der Waals surface area contributed by atoms with Crippen molar-refractivity contribution in [2.45, 2.75) is 6.42 Å². The van der Waals surface area contributed by atoms with Gasteiger partial charge in [-0.25, -0.2) is 0 Å². The van der Waals surface area contributed by atoms with Crippen molar-refractivity contribution in [1.29, 1.82) is 0 Å². The molecule has 0 saturated carbocycles. The molecule has 1 aromatic carbocycles. The highest BCUT2D eigenvalue weighted by Gasteiger charge is 2.14. The van der Waals surface area contributed by atoms with Gasteiger partial charge in [0.05, 0.1) is 0 Å². The van der Waals surface area contributed by atoms with Gasteiger partial charge in [0.1, 0.15) is 0 Å². The first-order valence-corrected chi connectivity index (χ1v) is 6.55. The summed E-state index contributed by atoms with van der Waals surface area (Å²) in [5.74, 6) is 0. The van der Waals surface area contributed by atoms with Crippen LogP contribution in [0, 0.1) is 0 Å². The largest absolute Gasteiger partial charge is 0.144 e. The van der Waals surface area contributed by atoms with Crippen LogP contribution in [0.15, 0.2) is 40.2 Å². The zero-order chi connectivity index (χ0) is 10.3. The molecule has 74 valence electrons. The molecular weight excluding hydrogens is 268 g/mol. The molecule has 15 heavy (non-hydrogen) atoms. The molecule has 1 aromatic heterocycles. The molecule has 0 bridgehead atoms. The second-order valence-electron chi connectivity index (χ2n) is 3.57. The first-order chi connectivity index (χ1) is 7.36. The third-order valence-electron chi connectivity index (χ3n) is 2.69. The van der Waals surface area contributed by atoms with Crippen molar-refractivity contribution in [1.82, 2.24) is 0 Å². The molecule has 2 aromatic rings. The summed E-state index contributed by atoms with van der Waals surface area (Å²) in [5.41, 5.74) is 4.16. The lowest BCUT2D eigenvalue weighted by molar-refractivity contribution is 1.29. The fourth-order valence-electron chi connectivity index (χ4n) is 1.98. The normalized spacial score (nSPS) is 13.1. The van der Waals surface area contributed by atoms with Crippen molar-refractivity contribution in [2.24, 2.45) is 0 Å². The number of benzene rings is 1. The van der Waals surface area contributed by atoms with E-state index in [1.807, 2.05) is 0 Å². The van der Waals surface area contributed by atoms with Crippen molar-refractivity contribution in [3.63, 3.8) is 0 Å².